The number of carbonyl (C=O) groups is 1. The summed E-state index contributed by atoms with van der Waals surface area (Å²) < 4.78 is 2.02. The number of benzene rings is 1. The first-order chi connectivity index (χ1) is 15.2. The summed E-state index contributed by atoms with van der Waals surface area (Å²) in [4.78, 5) is 19.9. The van der Waals surface area contributed by atoms with E-state index in [1.807, 2.05) is 23.0 Å². The van der Waals surface area contributed by atoms with Gasteiger partial charge in [0.25, 0.3) is 0 Å². The molecule has 1 N–H and O–H groups in total. The van der Waals surface area contributed by atoms with Crippen LogP contribution < -0.4 is 10.2 Å². The standard InChI is InChI=1S/C25H31N5O/c1-18(19-7-3-2-4-8-19)17-27-25(31)20-11-14-29(15-12-20)24-23-21-9-5-6-10-22(21)28-30(23)16-13-26-24/h2-4,7-8,13,16,18,20H,5-6,9-12,14-15,17H2,1H3,(H,27,31)/t18-/m1/s1. The Bertz CT molecular complexity index is 1050. The number of amides is 1. The van der Waals surface area contributed by atoms with Crippen molar-refractivity contribution >= 4 is 17.2 Å². The molecule has 3 aromatic rings. The van der Waals surface area contributed by atoms with Gasteiger partial charge in [-0.15, -0.1) is 0 Å². The fourth-order valence-electron chi connectivity index (χ4n) is 5.03. The Labute approximate surface area is 183 Å². The lowest BCUT2D eigenvalue weighted by Gasteiger charge is -2.32. The van der Waals surface area contributed by atoms with Gasteiger partial charge < -0.3 is 10.2 Å². The zero-order valence-corrected chi connectivity index (χ0v) is 18.3. The number of fused-ring (bicyclic) bond motifs is 3. The summed E-state index contributed by atoms with van der Waals surface area (Å²) in [5.41, 5.74) is 5.06. The van der Waals surface area contributed by atoms with Gasteiger partial charge in [0.2, 0.25) is 5.91 Å². The van der Waals surface area contributed by atoms with Gasteiger partial charge in [0.1, 0.15) is 5.52 Å². The number of piperidine rings is 1. The van der Waals surface area contributed by atoms with E-state index in [0.717, 1.165) is 44.6 Å². The number of nitrogens with zero attached hydrogens (tertiary/aromatic N) is 4. The Hall–Kier alpha value is -2.89. The van der Waals surface area contributed by atoms with Gasteiger partial charge in [-0.3, -0.25) is 4.79 Å². The third-order valence-electron chi connectivity index (χ3n) is 6.91. The van der Waals surface area contributed by atoms with E-state index in [4.69, 9.17) is 10.1 Å². The molecule has 1 aliphatic carbocycles. The largest absolute Gasteiger partial charge is 0.355 e. The summed E-state index contributed by atoms with van der Waals surface area (Å²) in [6.45, 7) is 4.57. The summed E-state index contributed by atoms with van der Waals surface area (Å²) in [7, 11) is 0. The smallest absolute Gasteiger partial charge is 0.223 e. The highest BCUT2D eigenvalue weighted by atomic mass is 16.1. The van der Waals surface area contributed by atoms with E-state index >= 15 is 0 Å². The quantitative estimate of drug-likeness (QED) is 0.687. The van der Waals surface area contributed by atoms with Crippen molar-refractivity contribution in [2.24, 2.45) is 5.92 Å². The van der Waals surface area contributed by atoms with Crippen molar-refractivity contribution in [1.29, 1.82) is 0 Å². The van der Waals surface area contributed by atoms with Crippen molar-refractivity contribution in [3.05, 3.63) is 59.5 Å². The minimum atomic E-state index is 0.0813. The number of anilines is 1. The number of nitrogens with one attached hydrogen (secondary N) is 1. The molecule has 6 nitrogen and oxygen atoms in total. The molecule has 5 rings (SSSR count). The van der Waals surface area contributed by atoms with Gasteiger partial charge in [-0.25, -0.2) is 9.50 Å². The topological polar surface area (TPSA) is 62.5 Å². The number of carbonyl (C=O) groups excluding carboxylic acids is 1. The highest BCUT2D eigenvalue weighted by Gasteiger charge is 2.28. The Balaban J connectivity index is 1.22. The van der Waals surface area contributed by atoms with Crippen molar-refractivity contribution in [2.75, 3.05) is 24.5 Å². The van der Waals surface area contributed by atoms with E-state index < -0.39 is 0 Å². The van der Waals surface area contributed by atoms with Gasteiger partial charge in [-0.1, -0.05) is 37.3 Å². The molecule has 0 radical (unpaired) electrons. The molecule has 2 aliphatic rings. The third-order valence-corrected chi connectivity index (χ3v) is 6.91. The zero-order valence-electron chi connectivity index (χ0n) is 18.3. The molecule has 162 valence electrons. The number of hydrogen-bond acceptors (Lipinski definition) is 4. The molecule has 0 unspecified atom stereocenters. The number of aryl methyl sites for hydroxylation is 2. The van der Waals surface area contributed by atoms with E-state index in [-0.39, 0.29) is 11.8 Å². The maximum Gasteiger partial charge on any atom is 0.223 e. The van der Waals surface area contributed by atoms with Crippen molar-refractivity contribution in [3.8, 4) is 0 Å². The van der Waals surface area contributed by atoms with Crippen LogP contribution in [0.5, 0.6) is 0 Å². The summed E-state index contributed by atoms with van der Waals surface area (Å²) in [6.07, 6.45) is 10.2. The minimum Gasteiger partial charge on any atom is -0.355 e. The predicted molar refractivity (Wildman–Crippen MR) is 122 cm³/mol. The van der Waals surface area contributed by atoms with Crippen LogP contribution in [0.15, 0.2) is 42.7 Å². The average Bonchev–Trinajstić information content (AvgIpc) is 3.22. The lowest BCUT2D eigenvalue weighted by Crippen LogP contribution is -2.41. The molecule has 0 bridgehead atoms. The second kappa shape index (κ2) is 8.69. The molecule has 2 aromatic heterocycles. The SMILES string of the molecule is C[C@H](CNC(=O)C1CCN(c2nccn3nc4c(c23)CCCC4)CC1)c1ccccc1. The van der Waals surface area contributed by atoms with Gasteiger partial charge in [0, 0.05) is 43.5 Å². The van der Waals surface area contributed by atoms with Crippen LogP contribution >= 0.6 is 0 Å². The van der Waals surface area contributed by atoms with Crippen LogP contribution in [-0.2, 0) is 17.6 Å². The molecule has 1 aromatic carbocycles. The number of aromatic nitrogens is 3. The van der Waals surface area contributed by atoms with Crippen molar-refractivity contribution in [3.63, 3.8) is 0 Å². The molecule has 1 atom stereocenters. The van der Waals surface area contributed by atoms with Gasteiger partial charge in [-0.05, 0) is 50.0 Å². The second-order valence-electron chi connectivity index (χ2n) is 8.99. The fraction of sp³-hybridized carbons (Fsp3) is 0.480. The maximum atomic E-state index is 12.8. The van der Waals surface area contributed by atoms with Crippen LogP contribution in [0.25, 0.3) is 5.52 Å². The van der Waals surface area contributed by atoms with E-state index in [1.165, 1.54) is 35.2 Å². The molecule has 1 amide bonds. The lowest BCUT2D eigenvalue weighted by atomic mass is 9.94. The highest BCUT2D eigenvalue weighted by molar-refractivity contribution is 5.79. The minimum absolute atomic E-state index is 0.0813. The fourth-order valence-corrected chi connectivity index (χ4v) is 5.03. The first-order valence-electron chi connectivity index (χ1n) is 11.6. The summed E-state index contributed by atoms with van der Waals surface area (Å²) in [5, 5.41) is 7.99. The number of hydrogen-bond donors (Lipinski definition) is 1. The molecule has 1 saturated heterocycles. The Kier molecular flexibility index (Phi) is 5.62. The molecule has 1 fully saturated rings. The first kappa shape index (κ1) is 20.0. The Morgan fingerprint density at radius 2 is 1.94 bits per heavy atom. The lowest BCUT2D eigenvalue weighted by molar-refractivity contribution is -0.125. The first-order valence-corrected chi connectivity index (χ1v) is 11.6. The molecule has 6 heteroatoms. The van der Waals surface area contributed by atoms with Crippen LogP contribution in [0.4, 0.5) is 5.82 Å². The average molecular weight is 418 g/mol. The summed E-state index contributed by atoms with van der Waals surface area (Å²) >= 11 is 0. The van der Waals surface area contributed by atoms with Crippen LogP contribution in [-0.4, -0.2) is 40.1 Å². The van der Waals surface area contributed by atoms with Crippen LogP contribution in [0.1, 0.15) is 55.3 Å². The van der Waals surface area contributed by atoms with Crippen molar-refractivity contribution in [2.45, 2.75) is 51.4 Å². The van der Waals surface area contributed by atoms with E-state index in [9.17, 15) is 4.79 Å². The Morgan fingerprint density at radius 1 is 1.16 bits per heavy atom. The monoisotopic (exact) mass is 417 g/mol. The molecule has 3 heterocycles. The summed E-state index contributed by atoms with van der Waals surface area (Å²) in [5.74, 6) is 1.63. The molecule has 1 aliphatic heterocycles. The number of rotatable bonds is 5. The van der Waals surface area contributed by atoms with E-state index in [0.29, 0.717) is 12.5 Å². The predicted octanol–water partition coefficient (Wildman–Crippen LogP) is 3.74. The van der Waals surface area contributed by atoms with Crippen molar-refractivity contribution < 1.29 is 4.79 Å². The molecule has 31 heavy (non-hydrogen) atoms. The van der Waals surface area contributed by atoms with Gasteiger partial charge in [-0.2, -0.15) is 5.10 Å². The Morgan fingerprint density at radius 3 is 2.74 bits per heavy atom. The maximum absolute atomic E-state index is 12.8. The molecule has 0 spiro atoms. The molecular formula is C25H31N5O. The van der Waals surface area contributed by atoms with Gasteiger partial charge in [0.15, 0.2) is 5.82 Å². The van der Waals surface area contributed by atoms with Crippen LogP contribution in [0, 0.1) is 5.92 Å². The van der Waals surface area contributed by atoms with E-state index in [2.05, 4.69) is 41.4 Å². The van der Waals surface area contributed by atoms with Gasteiger partial charge >= 0.3 is 0 Å². The highest BCUT2D eigenvalue weighted by Crippen LogP contribution is 2.32. The van der Waals surface area contributed by atoms with Crippen molar-refractivity contribution in [1.82, 2.24) is 19.9 Å². The van der Waals surface area contributed by atoms with E-state index in [1.54, 1.807) is 0 Å². The van der Waals surface area contributed by atoms with Gasteiger partial charge in [0.05, 0.1) is 5.69 Å². The normalized spacial score (nSPS) is 18.0. The van der Waals surface area contributed by atoms with Crippen LogP contribution in [0.3, 0.4) is 0 Å². The molecular weight excluding hydrogens is 386 g/mol. The summed E-state index contributed by atoms with van der Waals surface area (Å²) in [6, 6.07) is 10.4. The molecule has 0 saturated carbocycles. The second-order valence-corrected chi connectivity index (χ2v) is 8.99. The third kappa shape index (κ3) is 4.03. The van der Waals surface area contributed by atoms with Crippen LogP contribution in [0.2, 0.25) is 0 Å². The zero-order chi connectivity index (χ0) is 21.2.